The van der Waals surface area contributed by atoms with Crippen LogP contribution < -0.4 is 5.32 Å². The zero-order valence-electron chi connectivity index (χ0n) is 6.60. The second-order valence-electron chi connectivity index (χ2n) is 2.94. The highest BCUT2D eigenvalue weighted by Gasteiger charge is 2.25. The molecule has 1 aromatic carbocycles. The molecular formula is C9H8BrNO. The molecule has 0 aliphatic carbocycles. The fourth-order valence-corrected chi connectivity index (χ4v) is 1.77. The standard InChI is InChI=1S/C9H8BrNO/c1-5-7-4-6(10)2-3-8(7)11-9(5)12/h2-5H,1H3,(H,11,12)/t5-/m1/s1. The van der Waals surface area contributed by atoms with Gasteiger partial charge >= 0.3 is 0 Å². The van der Waals surface area contributed by atoms with Crippen molar-refractivity contribution in [2.75, 3.05) is 5.32 Å². The molecule has 0 saturated heterocycles. The summed E-state index contributed by atoms with van der Waals surface area (Å²) in [6, 6.07) is 5.83. The Hall–Kier alpha value is -0.830. The van der Waals surface area contributed by atoms with Gasteiger partial charge in [0.1, 0.15) is 0 Å². The molecule has 1 amide bonds. The predicted molar refractivity (Wildman–Crippen MR) is 51.2 cm³/mol. The molecule has 1 aromatic rings. The van der Waals surface area contributed by atoms with Gasteiger partial charge in [-0.25, -0.2) is 0 Å². The Labute approximate surface area is 79.1 Å². The highest BCUT2D eigenvalue weighted by Crippen LogP contribution is 2.33. The Morgan fingerprint density at radius 1 is 1.50 bits per heavy atom. The van der Waals surface area contributed by atoms with Gasteiger partial charge in [0.25, 0.3) is 0 Å². The van der Waals surface area contributed by atoms with Crippen LogP contribution in [0.4, 0.5) is 5.69 Å². The monoisotopic (exact) mass is 225 g/mol. The van der Waals surface area contributed by atoms with Crippen LogP contribution in [-0.4, -0.2) is 5.91 Å². The summed E-state index contributed by atoms with van der Waals surface area (Å²) in [4.78, 5) is 11.2. The first-order valence-corrected chi connectivity index (χ1v) is 4.58. The third kappa shape index (κ3) is 1.05. The van der Waals surface area contributed by atoms with Crippen molar-refractivity contribution in [2.45, 2.75) is 12.8 Å². The molecule has 0 unspecified atom stereocenters. The van der Waals surface area contributed by atoms with E-state index < -0.39 is 0 Å². The Morgan fingerprint density at radius 3 is 3.00 bits per heavy atom. The highest BCUT2D eigenvalue weighted by atomic mass is 79.9. The van der Waals surface area contributed by atoms with Crippen molar-refractivity contribution < 1.29 is 4.79 Å². The van der Waals surface area contributed by atoms with Crippen LogP contribution in [-0.2, 0) is 4.79 Å². The predicted octanol–water partition coefficient (Wildman–Crippen LogP) is 2.50. The van der Waals surface area contributed by atoms with Gasteiger partial charge in [0, 0.05) is 10.2 Å². The fourth-order valence-electron chi connectivity index (χ4n) is 1.39. The summed E-state index contributed by atoms with van der Waals surface area (Å²) in [5.41, 5.74) is 2.02. The zero-order valence-corrected chi connectivity index (χ0v) is 8.18. The highest BCUT2D eigenvalue weighted by molar-refractivity contribution is 9.10. The topological polar surface area (TPSA) is 29.1 Å². The molecule has 1 aliphatic heterocycles. The van der Waals surface area contributed by atoms with Crippen molar-refractivity contribution in [3.8, 4) is 0 Å². The number of rotatable bonds is 0. The Balaban J connectivity index is 2.55. The molecule has 2 rings (SSSR count). The van der Waals surface area contributed by atoms with E-state index >= 15 is 0 Å². The number of fused-ring (bicyclic) bond motifs is 1. The molecule has 0 aromatic heterocycles. The number of amides is 1. The van der Waals surface area contributed by atoms with Crippen LogP contribution in [0.1, 0.15) is 18.4 Å². The van der Waals surface area contributed by atoms with Crippen molar-refractivity contribution >= 4 is 27.5 Å². The van der Waals surface area contributed by atoms with Crippen molar-refractivity contribution in [1.82, 2.24) is 0 Å². The van der Waals surface area contributed by atoms with Crippen LogP contribution in [0, 0.1) is 0 Å². The molecule has 0 radical (unpaired) electrons. The van der Waals surface area contributed by atoms with Crippen LogP contribution in [0.15, 0.2) is 22.7 Å². The van der Waals surface area contributed by atoms with E-state index in [1.807, 2.05) is 25.1 Å². The van der Waals surface area contributed by atoms with Crippen molar-refractivity contribution in [2.24, 2.45) is 0 Å². The Morgan fingerprint density at radius 2 is 2.25 bits per heavy atom. The largest absolute Gasteiger partial charge is 0.325 e. The molecule has 1 heterocycles. The molecule has 1 N–H and O–H groups in total. The van der Waals surface area contributed by atoms with E-state index in [2.05, 4.69) is 21.2 Å². The zero-order chi connectivity index (χ0) is 8.72. The van der Waals surface area contributed by atoms with Gasteiger partial charge in [-0.05, 0) is 30.7 Å². The van der Waals surface area contributed by atoms with Gasteiger partial charge < -0.3 is 5.32 Å². The van der Waals surface area contributed by atoms with Crippen molar-refractivity contribution in [1.29, 1.82) is 0 Å². The number of halogens is 1. The maximum atomic E-state index is 11.2. The van der Waals surface area contributed by atoms with Crippen LogP contribution in [0.5, 0.6) is 0 Å². The minimum absolute atomic E-state index is 0.0162. The number of carbonyl (C=O) groups excluding carboxylic acids is 1. The molecule has 0 spiro atoms. The first-order chi connectivity index (χ1) is 5.68. The minimum atomic E-state index is -0.0162. The molecule has 3 heteroatoms. The van der Waals surface area contributed by atoms with E-state index in [1.54, 1.807) is 0 Å². The van der Waals surface area contributed by atoms with E-state index in [1.165, 1.54) is 0 Å². The van der Waals surface area contributed by atoms with Crippen molar-refractivity contribution in [3.63, 3.8) is 0 Å². The van der Waals surface area contributed by atoms with Gasteiger partial charge in [0.05, 0.1) is 5.92 Å². The van der Waals surface area contributed by atoms with Gasteiger partial charge in [-0.2, -0.15) is 0 Å². The fraction of sp³-hybridized carbons (Fsp3) is 0.222. The molecular weight excluding hydrogens is 218 g/mol. The second-order valence-corrected chi connectivity index (χ2v) is 3.86. The van der Waals surface area contributed by atoms with E-state index in [0.717, 1.165) is 15.7 Å². The molecule has 0 fully saturated rings. The summed E-state index contributed by atoms with van der Waals surface area (Å²) in [5, 5.41) is 2.81. The number of carbonyl (C=O) groups is 1. The van der Waals surface area contributed by atoms with E-state index in [-0.39, 0.29) is 11.8 Å². The first-order valence-electron chi connectivity index (χ1n) is 3.79. The third-order valence-electron chi connectivity index (χ3n) is 2.13. The molecule has 62 valence electrons. The van der Waals surface area contributed by atoms with Gasteiger partial charge in [-0.15, -0.1) is 0 Å². The van der Waals surface area contributed by atoms with Gasteiger partial charge in [0.15, 0.2) is 0 Å². The average molecular weight is 226 g/mol. The minimum Gasteiger partial charge on any atom is -0.325 e. The van der Waals surface area contributed by atoms with E-state index in [9.17, 15) is 4.79 Å². The van der Waals surface area contributed by atoms with Crippen molar-refractivity contribution in [3.05, 3.63) is 28.2 Å². The number of benzene rings is 1. The van der Waals surface area contributed by atoms with Crippen LogP contribution in [0.2, 0.25) is 0 Å². The lowest BCUT2D eigenvalue weighted by Crippen LogP contribution is -2.08. The second kappa shape index (κ2) is 2.59. The first kappa shape index (κ1) is 7.80. The average Bonchev–Trinajstić information content (AvgIpc) is 2.31. The maximum absolute atomic E-state index is 11.2. The molecule has 1 aliphatic rings. The summed E-state index contributed by atoms with van der Waals surface area (Å²) in [6.45, 7) is 1.91. The van der Waals surface area contributed by atoms with E-state index in [0.29, 0.717) is 0 Å². The normalized spacial score (nSPS) is 20.5. The summed E-state index contributed by atoms with van der Waals surface area (Å²) in [6.07, 6.45) is 0. The van der Waals surface area contributed by atoms with Gasteiger partial charge in [0.2, 0.25) is 5.91 Å². The molecule has 0 saturated carbocycles. The van der Waals surface area contributed by atoms with Crippen LogP contribution in [0.3, 0.4) is 0 Å². The van der Waals surface area contributed by atoms with Gasteiger partial charge in [-0.3, -0.25) is 4.79 Å². The molecule has 0 bridgehead atoms. The number of nitrogens with one attached hydrogen (secondary N) is 1. The smallest absolute Gasteiger partial charge is 0.231 e. The third-order valence-corrected chi connectivity index (χ3v) is 2.62. The molecule has 2 nitrogen and oxygen atoms in total. The SMILES string of the molecule is C[C@H]1C(=O)Nc2ccc(Br)cc21. The molecule has 1 atom stereocenters. The number of hydrogen-bond donors (Lipinski definition) is 1. The molecule has 12 heavy (non-hydrogen) atoms. The summed E-state index contributed by atoms with van der Waals surface area (Å²) < 4.78 is 1.02. The number of anilines is 1. The Bertz CT molecular complexity index is 348. The van der Waals surface area contributed by atoms with Gasteiger partial charge in [-0.1, -0.05) is 15.9 Å². The lowest BCUT2D eigenvalue weighted by Gasteiger charge is -2.00. The van der Waals surface area contributed by atoms with E-state index in [4.69, 9.17) is 0 Å². The van der Waals surface area contributed by atoms with Crippen LogP contribution in [0.25, 0.3) is 0 Å². The Kier molecular flexibility index (Phi) is 1.68. The summed E-state index contributed by atoms with van der Waals surface area (Å²) in [7, 11) is 0. The summed E-state index contributed by atoms with van der Waals surface area (Å²) >= 11 is 3.37. The maximum Gasteiger partial charge on any atom is 0.231 e. The summed E-state index contributed by atoms with van der Waals surface area (Å²) in [5.74, 6) is 0.0700. The lowest BCUT2D eigenvalue weighted by atomic mass is 10.0. The quantitative estimate of drug-likeness (QED) is 0.723. The lowest BCUT2D eigenvalue weighted by molar-refractivity contribution is -0.116. The number of hydrogen-bond acceptors (Lipinski definition) is 1. The van der Waals surface area contributed by atoms with Crippen LogP contribution >= 0.6 is 15.9 Å².